The van der Waals surface area contributed by atoms with Gasteiger partial charge in [0, 0.05) is 6.42 Å². The van der Waals surface area contributed by atoms with E-state index in [1.54, 1.807) is 0 Å². The van der Waals surface area contributed by atoms with Crippen LogP contribution in [0, 0.1) is 0 Å². The van der Waals surface area contributed by atoms with Crippen LogP contribution in [0.1, 0.15) is 24.8 Å². The van der Waals surface area contributed by atoms with Crippen molar-refractivity contribution in [1.82, 2.24) is 0 Å². The molecule has 5 heteroatoms. The molecule has 3 rings (SSSR count). The number of carbonyl (C=O) groups is 1. The summed E-state index contributed by atoms with van der Waals surface area (Å²) in [7, 11) is -1.86. The van der Waals surface area contributed by atoms with E-state index in [1.165, 1.54) is 5.19 Å². The molecule has 0 bridgehead atoms. The first kappa shape index (κ1) is 20.8. The van der Waals surface area contributed by atoms with Crippen LogP contribution in [-0.2, 0) is 25.6 Å². The van der Waals surface area contributed by atoms with Crippen molar-refractivity contribution >= 4 is 19.2 Å². The molecule has 1 aliphatic heterocycles. The highest BCUT2D eigenvalue weighted by Crippen LogP contribution is 2.32. The van der Waals surface area contributed by atoms with Crippen molar-refractivity contribution in [3.05, 3.63) is 66.2 Å². The third kappa shape index (κ3) is 5.77. The second-order valence-corrected chi connectivity index (χ2v) is 12.7. The molecule has 1 heterocycles. The lowest BCUT2D eigenvalue weighted by Gasteiger charge is -2.33. The zero-order valence-corrected chi connectivity index (χ0v) is 17.8. The zero-order chi connectivity index (χ0) is 19.8. The maximum atomic E-state index is 12.6. The smallest absolute Gasteiger partial charge is 0.306 e. The van der Waals surface area contributed by atoms with E-state index < -0.39 is 8.07 Å². The molecular weight excluding hydrogens is 368 g/mol. The van der Waals surface area contributed by atoms with Gasteiger partial charge in [-0.05, 0) is 23.9 Å². The van der Waals surface area contributed by atoms with E-state index in [0.29, 0.717) is 26.2 Å². The van der Waals surface area contributed by atoms with Gasteiger partial charge in [0.25, 0.3) is 0 Å². The highest BCUT2D eigenvalue weighted by Gasteiger charge is 2.36. The average molecular weight is 399 g/mol. The van der Waals surface area contributed by atoms with Gasteiger partial charge < -0.3 is 14.2 Å². The molecule has 2 aromatic carbocycles. The number of esters is 1. The molecule has 1 atom stereocenters. The number of hydrogen-bond donors (Lipinski definition) is 0. The summed E-state index contributed by atoms with van der Waals surface area (Å²) >= 11 is 0. The molecular formula is C23H30O4Si. The topological polar surface area (TPSA) is 44.8 Å². The molecule has 0 radical (unpaired) electrons. The first-order chi connectivity index (χ1) is 13.6. The molecule has 0 unspecified atom stereocenters. The van der Waals surface area contributed by atoms with E-state index in [9.17, 15) is 4.79 Å². The molecule has 1 fully saturated rings. The number of benzene rings is 2. The maximum Gasteiger partial charge on any atom is 0.306 e. The molecule has 150 valence electrons. The van der Waals surface area contributed by atoms with E-state index >= 15 is 0 Å². The van der Waals surface area contributed by atoms with Gasteiger partial charge >= 0.3 is 5.97 Å². The normalized spacial score (nSPS) is 16.1. The molecule has 28 heavy (non-hydrogen) atoms. The van der Waals surface area contributed by atoms with Gasteiger partial charge in [-0.15, -0.1) is 0 Å². The Hall–Kier alpha value is -1.95. The Morgan fingerprint density at radius 3 is 2.29 bits per heavy atom. The van der Waals surface area contributed by atoms with E-state index in [2.05, 4.69) is 37.4 Å². The molecule has 0 aliphatic carbocycles. The number of hydrogen-bond acceptors (Lipinski definition) is 4. The lowest BCUT2D eigenvalue weighted by molar-refractivity contribution is -0.145. The second-order valence-electron chi connectivity index (χ2n) is 7.88. The summed E-state index contributed by atoms with van der Waals surface area (Å²) in [6, 6.07) is 20.4. The fourth-order valence-electron chi connectivity index (χ4n) is 3.73. The summed E-state index contributed by atoms with van der Waals surface area (Å²) < 4.78 is 16.8. The molecule has 0 saturated carbocycles. The first-order valence-electron chi connectivity index (χ1n) is 10.0. The van der Waals surface area contributed by atoms with Crippen molar-refractivity contribution in [2.75, 3.05) is 13.2 Å². The van der Waals surface area contributed by atoms with Crippen LogP contribution in [0.3, 0.4) is 0 Å². The van der Waals surface area contributed by atoms with E-state index in [4.69, 9.17) is 14.2 Å². The maximum absolute atomic E-state index is 12.6. The third-order valence-corrected chi connectivity index (χ3v) is 9.99. The van der Waals surface area contributed by atoms with Crippen molar-refractivity contribution in [2.24, 2.45) is 0 Å². The summed E-state index contributed by atoms with van der Waals surface area (Å²) in [5.41, 5.74) is 1.28. The highest BCUT2D eigenvalue weighted by molar-refractivity contribution is 6.91. The SMILES string of the molecule is C[Si](C)(c1ccccc1)[C@@H](CCC1OCCO1)CC(=O)OCc1ccccc1. The highest BCUT2D eigenvalue weighted by atomic mass is 28.3. The number of carbonyl (C=O) groups excluding carboxylic acids is 1. The Kier molecular flexibility index (Phi) is 7.42. The van der Waals surface area contributed by atoms with Gasteiger partial charge in [0.1, 0.15) is 6.61 Å². The van der Waals surface area contributed by atoms with Gasteiger partial charge in [-0.3, -0.25) is 4.79 Å². The fourth-order valence-corrected chi connectivity index (χ4v) is 6.82. The zero-order valence-electron chi connectivity index (χ0n) is 16.8. The minimum atomic E-state index is -1.86. The van der Waals surface area contributed by atoms with Crippen LogP contribution in [0.5, 0.6) is 0 Å². The summed E-state index contributed by atoms with van der Waals surface area (Å²) in [6.45, 7) is 6.33. The van der Waals surface area contributed by atoms with Gasteiger partial charge in [0.05, 0.1) is 21.3 Å². The molecule has 0 amide bonds. The second kappa shape index (κ2) is 10.0. The summed E-state index contributed by atoms with van der Waals surface area (Å²) in [5.74, 6) is -0.126. The number of ether oxygens (including phenoxy) is 3. The van der Waals surface area contributed by atoms with E-state index in [-0.39, 0.29) is 17.8 Å². The van der Waals surface area contributed by atoms with Gasteiger partial charge in [0.2, 0.25) is 0 Å². The Labute approximate surface area is 168 Å². The predicted molar refractivity (Wildman–Crippen MR) is 113 cm³/mol. The summed E-state index contributed by atoms with van der Waals surface area (Å²) in [4.78, 5) is 12.6. The summed E-state index contributed by atoms with van der Waals surface area (Å²) in [5, 5.41) is 1.36. The number of rotatable bonds is 9. The molecule has 0 spiro atoms. The van der Waals surface area contributed by atoms with Gasteiger partial charge in [-0.1, -0.05) is 78.9 Å². The van der Waals surface area contributed by atoms with Crippen LogP contribution >= 0.6 is 0 Å². The standard InChI is InChI=1S/C23H30O4Si/c1-28(2,20-11-7-4-8-12-20)21(13-14-23-25-15-16-26-23)17-22(24)27-18-19-9-5-3-6-10-19/h3-12,21,23H,13-18H2,1-2H3/t21-/m0/s1. The van der Waals surface area contributed by atoms with Crippen molar-refractivity contribution < 1.29 is 19.0 Å². The quantitative estimate of drug-likeness (QED) is 0.468. The third-order valence-electron chi connectivity index (χ3n) is 5.64. The Balaban J connectivity index is 1.65. The lowest BCUT2D eigenvalue weighted by Crippen LogP contribution is -2.47. The predicted octanol–water partition coefficient (Wildman–Crippen LogP) is 4.26. The minimum Gasteiger partial charge on any atom is -0.461 e. The van der Waals surface area contributed by atoms with E-state index in [1.807, 2.05) is 36.4 Å². The van der Waals surface area contributed by atoms with Gasteiger partial charge in [-0.2, -0.15) is 0 Å². The molecule has 4 nitrogen and oxygen atoms in total. The van der Waals surface area contributed by atoms with Crippen molar-refractivity contribution in [2.45, 2.75) is 50.8 Å². The fraction of sp³-hybridized carbons (Fsp3) is 0.435. The van der Waals surface area contributed by atoms with Crippen LogP contribution in [-0.4, -0.2) is 33.5 Å². The van der Waals surface area contributed by atoms with Crippen LogP contribution in [0.15, 0.2) is 60.7 Å². The first-order valence-corrected chi connectivity index (χ1v) is 13.1. The van der Waals surface area contributed by atoms with Crippen molar-refractivity contribution in [1.29, 1.82) is 0 Å². The van der Waals surface area contributed by atoms with Gasteiger partial charge in [0.15, 0.2) is 6.29 Å². The Morgan fingerprint density at radius 1 is 1.04 bits per heavy atom. The molecule has 1 saturated heterocycles. The van der Waals surface area contributed by atoms with Crippen LogP contribution < -0.4 is 5.19 Å². The van der Waals surface area contributed by atoms with Crippen LogP contribution in [0.2, 0.25) is 18.6 Å². The Morgan fingerprint density at radius 2 is 1.64 bits per heavy atom. The van der Waals surface area contributed by atoms with Crippen molar-refractivity contribution in [3.63, 3.8) is 0 Å². The van der Waals surface area contributed by atoms with Crippen LogP contribution in [0.25, 0.3) is 0 Å². The van der Waals surface area contributed by atoms with E-state index in [0.717, 1.165) is 18.4 Å². The van der Waals surface area contributed by atoms with Crippen LogP contribution in [0.4, 0.5) is 0 Å². The van der Waals surface area contributed by atoms with Gasteiger partial charge in [-0.25, -0.2) is 0 Å². The van der Waals surface area contributed by atoms with Crippen molar-refractivity contribution in [3.8, 4) is 0 Å². The molecule has 1 aliphatic rings. The average Bonchev–Trinajstić information content (AvgIpc) is 3.24. The largest absolute Gasteiger partial charge is 0.461 e. The minimum absolute atomic E-state index is 0.126. The monoisotopic (exact) mass is 398 g/mol. The molecule has 0 aromatic heterocycles. The lowest BCUT2D eigenvalue weighted by atomic mass is 10.1. The molecule has 0 N–H and O–H groups in total. The molecule has 2 aromatic rings. The summed E-state index contributed by atoms with van der Waals surface area (Å²) in [6.07, 6.45) is 2.02. The Bertz CT molecular complexity index is 727.